The number of phenolic OH excluding ortho intramolecular Hbond substituents is 1. The van der Waals surface area contributed by atoms with Gasteiger partial charge in [-0.15, -0.1) is 0 Å². The van der Waals surface area contributed by atoms with Gasteiger partial charge < -0.3 is 15.7 Å². The molecule has 0 radical (unpaired) electrons. The number of aryl methyl sites for hydroxylation is 1. The second-order valence-electron chi connectivity index (χ2n) is 4.09. The Hall–Kier alpha value is -2.20. The Balaban J connectivity index is 2.01. The molecule has 0 aliphatic carbocycles. The fourth-order valence-electron chi connectivity index (χ4n) is 1.51. The predicted octanol–water partition coefficient (Wildman–Crippen LogP) is 4.00. The molecule has 3 N–H and O–H groups in total. The summed E-state index contributed by atoms with van der Waals surface area (Å²) in [5.41, 5.74) is 2.16. The van der Waals surface area contributed by atoms with Crippen molar-refractivity contribution in [2.45, 2.75) is 6.92 Å². The number of urea groups is 1. The molecular formula is C14H13ClN2O2. The molecule has 2 aromatic rings. The van der Waals surface area contributed by atoms with Crippen LogP contribution < -0.4 is 10.6 Å². The number of hydrogen-bond acceptors (Lipinski definition) is 2. The fraction of sp³-hybridized carbons (Fsp3) is 0.0714. The summed E-state index contributed by atoms with van der Waals surface area (Å²) in [6.45, 7) is 1.89. The minimum atomic E-state index is -0.370. The molecule has 0 atom stereocenters. The molecule has 98 valence electrons. The van der Waals surface area contributed by atoms with Crippen molar-refractivity contribution in [2.75, 3.05) is 10.6 Å². The van der Waals surface area contributed by atoms with E-state index in [1.54, 1.807) is 24.3 Å². The van der Waals surface area contributed by atoms with E-state index in [0.29, 0.717) is 16.4 Å². The standard InChI is InChI=1S/C14H13ClN2O2/c1-9-2-3-11(8-13(9)15)17-14(19)16-10-4-6-12(18)7-5-10/h2-8,18H,1H3,(H2,16,17,19). The maximum absolute atomic E-state index is 11.7. The molecule has 5 heteroatoms. The zero-order valence-electron chi connectivity index (χ0n) is 10.3. The van der Waals surface area contributed by atoms with Crippen LogP contribution in [-0.2, 0) is 0 Å². The lowest BCUT2D eigenvalue weighted by atomic mass is 10.2. The smallest absolute Gasteiger partial charge is 0.323 e. The van der Waals surface area contributed by atoms with Gasteiger partial charge in [-0.2, -0.15) is 0 Å². The second kappa shape index (κ2) is 5.63. The first-order chi connectivity index (χ1) is 9.04. The predicted molar refractivity (Wildman–Crippen MR) is 76.9 cm³/mol. The van der Waals surface area contributed by atoms with Crippen LogP contribution in [0.1, 0.15) is 5.56 Å². The highest BCUT2D eigenvalue weighted by Crippen LogP contribution is 2.20. The van der Waals surface area contributed by atoms with E-state index >= 15 is 0 Å². The highest BCUT2D eigenvalue weighted by molar-refractivity contribution is 6.31. The molecule has 0 bridgehead atoms. The lowest BCUT2D eigenvalue weighted by molar-refractivity contribution is 0.262. The number of carbonyl (C=O) groups excluding carboxylic acids is 1. The molecule has 0 fully saturated rings. The summed E-state index contributed by atoms with van der Waals surface area (Å²) in [4.78, 5) is 11.7. The van der Waals surface area contributed by atoms with E-state index in [9.17, 15) is 4.79 Å². The van der Waals surface area contributed by atoms with Gasteiger partial charge in [-0.3, -0.25) is 0 Å². The minimum absolute atomic E-state index is 0.149. The molecular weight excluding hydrogens is 264 g/mol. The van der Waals surface area contributed by atoms with Crippen LogP contribution in [0.25, 0.3) is 0 Å². The van der Waals surface area contributed by atoms with Crippen molar-refractivity contribution in [3.8, 4) is 5.75 Å². The van der Waals surface area contributed by atoms with Gasteiger partial charge in [-0.25, -0.2) is 4.79 Å². The number of benzene rings is 2. The molecule has 0 unspecified atom stereocenters. The quantitative estimate of drug-likeness (QED) is 0.726. The number of halogens is 1. The van der Waals surface area contributed by atoms with Gasteiger partial charge in [0.2, 0.25) is 0 Å². The summed E-state index contributed by atoms with van der Waals surface area (Å²) in [7, 11) is 0. The van der Waals surface area contributed by atoms with Crippen molar-refractivity contribution < 1.29 is 9.90 Å². The van der Waals surface area contributed by atoms with Gasteiger partial charge in [0, 0.05) is 16.4 Å². The monoisotopic (exact) mass is 276 g/mol. The highest BCUT2D eigenvalue weighted by atomic mass is 35.5. The molecule has 19 heavy (non-hydrogen) atoms. The Morgan fingerprint density at radius 1 is 1.05 bits per heavy atom. The van der Waals surface area contributed by atoms with Gasteiger partial charge in [0.15, 0.2) is 0 Å². The van der Waals surface area contributed by atoms with E-state index in [1.807, 2.05) is 13.0 Å². The SMILES string of the molecule is Cc1ccc(NC(=O)Nc2ccc(O)cc2)cc1Cl. The van der Waals surface area contributed by atoms with Crippen molar-refractivity contribution in [1.82, 2.24) is 0 Å². The van der Waals surface area contributed by atoms with E-state index < -0.39 is 0 Å². The average molecular weight is 277 g/mol. The molecule has 4 nitrogen and oxygen atoms in total. The number of amides is 2. The maximum Gasteiger partial charge on any atom is 0.323 e. The van der Waals surface area contributed by atoms with Gasteiger partial charge in [-0.1, -0.05) is 17.7 Å². The normalized spacial score (nSPS) is 10.0. The third kappa shape index (κ3) is 3.63. The largest absolute Gasteiger partial charge is 0.508 e. The summed E-state index contributed by atoms with van der Waals surface area (Å²) in [6.07, 6.45) is 0. The second-order valence-corrected chi connectivity index (χ2v) is 4.50. The van der Waals surface area contributed by atoms with Crippen molar-refractivity contribution >= 4 is 29.0 Å². The molecule has 0 aromatic heterocycles. The highest BCUT2D eigenvalue weighted by Gasteiger charge is 2.04. The van der Waals surface area contributed by atoms with Crippen LogP contribution in [0.3, 0.4) is 0 Å². The summed E-state index contributed by atoms with van der Waals surface area (Å²) in [6, 6.07) is 11.1. The summed E-state index contributed by atoms with van der Waals surface area (Å²) >= 11 is 5.98. The number of hydrogen-bond donors (Lipinski definition) is 3. The van der Waals surface area contributed by atoms with Crippen molar-refractivity contribution in [3.05, 3.63) is 53.1 Å². The molecule has 0 saturated carbocycles. The Labute approximate surface area is 116 Å². The molecule has 2 rings (SSSR count). The molecule has 0 spiro atoms. The first-order valence-electron chi connectivity index (χ1n) is 5.68. The number of rotatable bonds is 2. The van der Waals surface area contributed by atoms with Gasteiger partial charge in [0.05, 0.1) is 0 Å². The molecule has 0 heterocycles. The summed E-state index contributed by atoms with van der Waals surface area (Å²) < 4.78 is 0. The van der Waals surface area contributed by atoms with Crippen LogP contribution in [-0.4, -0.2) is 11.1 Å². The van der Waals surface area contributed by atoms with E-state index in [-0.39, 0.29) is 11.8 Å². The third-order valence-electron chi connectivity index (χ3n) is 2.55. The van der Waals surface area contributed by atoms with E-state index in [2.05, 4.69) is 10.6 Å². The average Bonchev–Trinajstić information content (AvgIpc) is 2.37. The minimum Gasteiger partial charge on any atom is -0.508 e. The van der Waals surface area contributed by atoms with E-state index in [0.717, 1.165) is 5.56 Å². The van der Waals surface area contributed by atoms with Gasteiger partial charge >= 0.3 is 6.03 Å². The number of anilines is 2. The Morgan fingerprint density at radius 2 is 1.63 bits per heavy atom. The number of aromatic hydroxyl groups is 1. The molecule has 0 aliphatic rings. The zero-order chi connectivity index (χ0) is 13.8. The van der Waals surface area contributed by atoms with Crippen LogP contribution in [0.15, 0.2) is 42.5 Å². The van der Waals surface area contributed by atoms with Crippen LogP contribution in [0, 0.1) is 6.92 Å². The maximum atomic E-state index is 11.7. The molecule has 2 amide bonds. The summed E-state index contributed by atoms with van der Waals surface area (Å²) in [5, 5.41) is 15.1. The van der Waals surface area contributed by atoms with Crippen LogP contribution in [0.5, 0.6) is 5.75 Å². The van der Waals surface area contributed by atoms with Crippen molar-refractivity contribution in [1.29, 1.82) is 0 Å². The fourth-order valence-corrected chi connectivity index (χ4v) is 1.69. The Morgan fingerprint density at radius 3 is 2.26 bits per heavy atom. The van der Waals surface area contributed by atoms with Crippen LogP contribution >= 0.6 is 11.6 Å². The number of nitrogens with one attached hydrogen (secondary N) is 2. The lowest BCUT2D eigenvalue weighted by Gasteiger charge is -2.08. The zero-order valence-corrected chi connectivity index (χ0v) is 11.0. The molecule has 0 aliphatic heterocycles. The van der Waals surface area contributed by atoms with Crippen molar-refractivity contribution in [2.24, 2.45) is 0 Å². The van der Waals surface area contributed by atoms with Gasteiger partial charge in [0.1, 0.15) is 5.75 Å². The molecule has 2 aromatic carbocycles. The summed E-state index contributed by atoms with van der Waals surface area (Å²) in [5.74, 6) is 0.149. The Kier molecular flexibility index (Phi) is 3.92. The number of phenols is 1. The van der Waals surface area contributed by atoms with Crippen LogP contribution in [0.4, 0.5) is 16.2 Å². The third-order valence-corrected chi connectivity index (χ3v) is 2.96. The van der Waals surface area contributed by atoms with Gasteiger partial charge in [-0.05, 0) is 48.9 Å². The molecule has 0 saturated heterocycles. The first kappa shape index (κ1) is 13.2. The van der Waals surface area contributed by atoms with Crippen LogP contribution in [0.2, 0.25) is 5.02 Å². The lowest BCUT2D eigenvalue weighted by Crippen LogP contribution is -2.19. The van der Waals surface area contributed by atoms with Gasteiger partial charge in [0.25, 0.3) is 0 Å². The topological polar surface area (TPSA) is 61.4 Å². The van der Waals surface area contributed by atoms with Crippen molar-refractivity contribution in [3.63, 3.8) is 0 Å². The number of carbonyl (C=O) groups is 1. The van der Waals surface area contributed by atoms with E-state index in [1.165, 1.54) is 12.1 Å². The first-order valence-corrected chi connectivity index (χ1v) is 6.05. The van der Waals surface area contributed by atoms with E-state index in [4.69, 9.17) is 16.7 Å². The Bertz CT molecular complexity index is 597.